The first-order chi connectivity index (χ1) is 5.99. The summed E-state index contributed by atoms with van der Waals surface area (Å²) < 4.78 is -0.865. The van der Waals surface area contributed by atoms with Crippen LogP contribution >= 0.6 is 23.2 Å². The van der Waals surface area contributed by atoms with Crippen LogP contribution in [0.2, 0.25) is 0 Å². The van der Waals surface area contributed by atoms with Crippen LogP contribution in [0.1, 0.15) is 19.3 Å². The van der Waals surface area contributed by atoms with Crippen molar-refractivity contribution in [3.63, 3.8) is 0 Å². The van der Waals surface area contributed by atoms with Gasteiger partial charge in [-0.3, -0.25) is 4.79 Å². The second-order valence-corrected chi connectivity index (χ2v) is 5.49. The number of aliphatic hydroxyl groups excluding tert-OH is 1. The smallest absolute Gasteiger partial charge is 0.226 e. The van der Waals surface area contributed by atoms with E-state index in [2.05, 4.69) is 5.32 Å². The lowest BCUT2D eigenvalue weighted by Gasteiger charge is -2.13. The van der Waals surface area contributed by atoms with Crippen LogP contribution in [0.5, 0.6) is 0 Å². The summed E-state index contributed by atoms with van der Waals surface area (Å²) >= 11 is 11.5. The molecule has 2 saturated carbocycles. The molecule has 13 heavy (non-hydrogen) atoms. The largest absolute Gasteiger partial charge is 0.394 e. The number of nitrogens with one attached hydrogen (secondary N) is 1. The number of alkyl halides is 2. The Balaban J connectivity index is 1.87. The molecule has 0 aliphatic heterocycles. The Morgan fingerprint density at radius 2 is 2.08 bits per heavy atom. The number of halogens is 2. The van der Waals surface area contributed by atoms with E-state index in [1.165, 1.54) is 0 Å². The molecule has 1 atom stereocenters. The summed E-state index contributed by atoms with van der Waals surface area (Å²) in [5.41, 5.74) is -0.358. The third kappa shape index (κ3) is 1.78. The molecule has 0 aromatic rings. The van der Waals surface area contributed by atoms with E-state index >= 15 is 0 Å². The second kappa shape index (κ2) is 2.75. The van der Waals surface area contributed by atoms with Crippen LogP contribution in [0, 0.1) is 5.92 Å². The zero-order valence-electron chi connectivity index (χ0n) is 7.02. The predicted octanol–water partition coefficient (Wildman–Crippen LogP) is 0.821. The van der Waals surface area contributed by atoms with E-state index in [1.807, 2.05) is 0 Å². The van der Waals surface area contributed by atoms with Crippen molar-refractivity contribution in [3.05, 3.63) is 0 Å². The normalized spacial score (nSPS) is 32.4. The molecule has 0 heterocycles. The van der Waals surface area contributed by atoms with Crippen LogP contribution < -0.4 is 5.32 Å². The van der Waals surface area contributed by atoms with Crippen molar-refractivity contribution in [1.82, 2.24) is 5.32 Å². The minimum Gasteiger partial charge on any atom is -0.394 e. The molecule has 0 aromatic heterocycles. The van der Waals surface area contributed by atoms with Gasteiger partial charge in [-0.1, -0.05) is 0 Å². The zero-order valence-corrected chi connectivity index (χ0v) is 8.53. The monoisotopic (exact) mass is 223 g/mol. The quantitative estimate of drug-likeness (QED) is 0.697. The van der Waals surface area contributed by atoms with Crippen molar-refractivity contribution < 1.29 is 9.90 Å². The van der Waals surface area contributed by atoms with Crippen molar-refractivity contribution in [2.24, 2.45) is 5.92 Å². The Labute approximate surface area is 86.4 Å². The molecule has 1 unspecified atom stereocenters. The van der Waals surface area contributed by atoms with E-state index in [4.69, 9.17) is 28.3 Å². The first kappa shape index (κ1) is 9.56. The van der Waals surface area contributed by atoms with Crippen molar-refractivity contribution in [1.29, 1.82) is 0 Å². The van der Waals surface area contributed by atoms with Gasteiger partial charge in [0.25, 0.3) is 0 Å². The van der Waals surface area contributed by atoms with Gasteiger partial charge in [0.15, 0.2) is 0 Å². The fraction of sp³-hybridized carbons (Fsp3) is 0.875. The number of hydrogen-bond acceptors (Lipinski definition) is 2. The van der Waals surface area contributed by atoms with Gasteiger partial charge in [-0.2, -0.15) is 0 Å². The molecule has 2 rings (SSSR count). The van der Waals surface area contributed by atoms with Gasteiger partial charge in [-0.25, -0.2) is 0 Å². The average Bonchev–Trinajstić information content (AvgIpc) is 2.90. The topological polar surface area (TPSA) is 49.3 Å². The molecule has 0 aromatic carbocycles. The van der Waals surface area contributed by atoms with Gasteiger partial charge in [0.1, 0.15) is 4.33 Å². The molecule has 2 fully saturated rings. The molecule has 0 bridgehead atoms. The first-order valence-electron chi connectivity index (χ1n) is 4.30. The number of rotatable bonds is 3. The number of carbonyl (C=O) groups excluding carboxylic acids is 1. The summed E-state index contributed by atoms with van der Waals surface area (Å²) in [6.45, 7) is 0.00301. The SMILES string of the molecule is O=C(NC1(CO)CC1)C1CC1(Cl)Cl. The highest BCUT2D eigenvalue weighted by atomic mass is 35.5. The molecule has 3 nitrogen and oxygen atoms in total. The van der Waals surface area contributed by atoms with Crippen molar-refractivity contribution >= 4 is 29.1 Å². The van der Waals surface area contributed by atoms with E-state index in [-0.39, 0.29) is 24.0 Å². The van der Waals surface area contributed by atoms with Crippen molar-refractivity contribution in [2.45, 2.75) is 29.1 Å². The highest BCUT2D eigenvalue weighted by molar-refractivity contribution is 6.52. The Kier molecular flexibility index (Phi) is 2.02. The summed E-state index contributed by atoms with van der Waals surface area (Å²) in [6.07, 6.45) is 2.21. The van der Waals surface area contributed by atoms with Crippen LogP contribution in [0.15, 0.2) is 0 Å². The average molecular weight is 224 g/mol. The third-order valence-corrected chi connectivity index (χ3v) is 3.52. The maximum Gasteiger partial charge on any atom is 0.226 e. The summed E-state index contributed by atoms with van der Waals surface area (Å²) in [4.78, 5) is 11.4. The van der Waals surface area contributed by atoms with Crippen LogP contribution in [-0.2, 0) is 4.79 Å². The van der Waals surface area contributed by atoms with Crippen LogP contribution in [0.3, 0.4) is 0 Å². The van der Waals surface area contributed by atoms with Gasteiger partial charge in [-0.05, 0) is 19.3 Å². The van der Waals surface area contributed by atoms with E-state index < -0.39 is 4.33 Å². The number of carbonyl (C=O) groups is 1. The van der Waals surface area contributed by atoms with Gasteiger partial charge in [-0.15, -0.1) is 23.2 Å². The molecular formula is C8H11Cl2NO2. The molecule has 2 aliphatic carbocycles. The lowest BCUT2D eigenvalue weighted by Crippen LogP contribution is -2.41. The Morgan fingerprint density at radius 3 is 2.38 bits per heavy atom. The lowest BCUT2D eigenvalue weighted by atomic mass is 10.2. The molecule has 1 amide bonds. The fourth-order valence-corrected chi connectivity index (χ4v) is 1.83. The molecular weight excluding hydrogens is 213 g/mol. The molecule has 74 valence electrons. The number of amides is 1. The minimum atomic E-state index is -0.865. The van der Waals surface area contributed by atoms with Gasteiger partial charge in [0.2, 0.25) is 5.91 Å². The summed E-state index contributed by atoms with van der Waals surface area (Å²) in [7, 11) is 0. The van der Waals surface area contributed by atoms with Crippen molar-refractivity contribution in [3.8, 4) is 0 Å². The van der Waals surface area contributed by atoms with Gasteiger partial charge >= 0.3 is 0 Å². The Bertz CT molecular complexity index is 251. The zero-order chi connectivity index (χ0) is 9.69. The first-order valence-corrected chi connectivity index (χ1v) is 5.05. The predicted molar refractivity (Wildman–Crippen MR) is 49.7 cm³/mol. The van der Waals surface area contributed by atoms with E-state index in [0.717, 1.165) is 12.8 Å². The molecule has 0 radical (unpaired) electrons. The van der Waals surface area contributed by atoms with Crippen molar-refractivity contribution in [2.75, 3.05) is 6.61 Å². The molecule has 0 saturated heterocycles. The summed E-state index contributed by atoms with van der Waals surface area (Å²) in [5.74, 6) is -0.420. The minimum absolute atomic E-state index is 0.00301. The summed E-state index contributed by atoms with van der Waals surface area (Å²) in [5, 5.41) is 11.7. The molecule has 2 aliphatic rings. The van der Waals surface area contributed by atoms with E-state index in [0.29, 0.717) is 6.42 Å². The maximum atomic E-state index is 11.4. The second-order valence-electron chi connectivity index (χ2n) is 3.95. The molecule has 0 spiro atoms. The number of aliphatic hydroxyl groups is 1. The molecule has 5 heteroatoms. The van der Waals surface area contributed by atoms with Gasteiger partial charge in [0.05, 0.1) is 18.1 Å². The standard InChI is InChI=1S/C8H11Cl2NO2/c9-8(10)3-5(8)6(13)11-7(4-12)1-2-7/h5,12H,1-4H2,(H,11,13). The van der Waals surface area contributed by atoms with Crippen LogP contribution in [0.4, 0.5) is 0 Å². The Hall–Kier alpha value is 0.01000. The van der Waals surface area contributed by atoms with Crippen LogP contribution in [-0.4, -0.2) is 27.5 Å². The maximum absolute atomic E-state index is 11.4. The van der Waals surface area contributed by atoms with Gasteiger partial charge in [0, 0.05) is 0 Å². The lowest BCUT2D eigenvalue weighted by molar-refractivity contribution is -0.123. The Morgan fingerprint density at radius 1 is 1.54 bits per heavy atom. The third-order valence-electron chi connectivity index (χ3n) is 2.69. The fourth-order valence-electron chi connectivity index (χ4n) is 1.32. The van der Waals surface area contributed by atoms with Crippen LogP contribution in [0.25, 0.3) is 0 Å². The summed E-state index contributed by atoms with van der Waals surface area (Å²) in [6, 6.07) is 0. The van der Waals surface area contributed by atoms with E-state index in [9.17, 15) is 4.79 Å². The highest BCUT2D eigenvalue weighted by Crippen LogP contribution is 2.53. The molecule has 2 N–H and O–H groups in total. The number of hydrogen-bond donors (Lipinski definition) is 2. The van der Waals surface area contributed by atoms with Gasteiger partial charge < -0.3 is 10.4 Å². The highest BCUT2D eigenvalue weighted by Gasteiger charge is 2.58. The van der Waals surface area contributed by atoms with E-state index in [1.54, 1.807) is 0 Å².